The summed E-state index contributed by atoms with van der Waals surface area (Å²) in [6, 6.07) is 0. The SMILES string of the molecule is CCn1nc(C)c(Br)c1CC(O)c1snnc1C(C)(C)C. The second kappa shape index (κ2) is 6.14. The normalized spacial score (nSPS) is 13.7. The Hall–Kier alpha value is -0.790. The Kier molecular flexibility index (Phi) is 4.85. The van der Waals surface area contributed by atoms with Crippen LogP contribution < -0.4 is 0 Å². The number of aliphatic hydroxyl groups excluding tert-OH is 1. The highest BCUT2D eigenvalue weighted by Gasteiger charge is 2.27. The third-order valence-electron chi connectivity index (χ3n) is 3.37. The lowest BCUT2D eigenvalue weighted by Crippen LogP contribution is -2.17. The molecule has 0 saturated heterocycles. The third kappa shape index (κ3) is 3.35. The summed E-state index contributed by atoms with van der Waals surface area (Å²) in [6.45, 7) is 11.0. The Morgan fingerprint density at radius 3 is 2.62 bits per heavy atom. The standard InChI is InChI=1S/C14H21BrN4OS/c1-6-19-9(11(15)8(2)17-19)7-10(20)12-13(14(3,4)5)16-18-21-12/h10,20H,6-7H2,1-5H3. The van der Waals surface area contributed by atoms with Crippen LogP contribution in [0.4, 0.5) is 0 Å². The lowest BCUT2D eigenvalue weighted by Gasteiger charge is -2.19. The Morgan fingerprint density at radius 1 is 1.38 bits per heavy atom. The third-order valence-corrected chi connectivity index (χ3v) is 5.22. The predicted octanol–water partition coefficient (Wildman–Crippen LogP) is 3.40. The maximum atomic E-state index is 10.6. The zero-order valence-electron chi connectivity index (χ0n) is 13.0. The zero-order chi connectivity index (χ0) is 15.8. The molecule has 116 valence electrons. The van der Waals surface area contributed by atoms with E-state index in [-0.39, 0.29) is 5.41 Å². The van der Waals surface area contributed by atoms with E-state index < -0.39 is 6.10 Å². The fourth-order valence-corrected chi connectivity index (χ4v) is 3.57. The van der Waals surface area contributed by atoms with Crippen LogP contribution in [-0.2, 0) is 18.4 Å². The summed E-state index contributed by atoms with van der Waals surface area (Å²) in [5, 5.41) is 19.3. The van der Waals surface area contributed by atoms with Crippen molar-refractivity contribution in [2.75, 3.05) is 0 Å². The molecule has 0 saturated carbocycles. The van der Waals surface area contributed by atoms with Gasteiger partial charge in [0.1, 0.15) is 0 Å². The molecule has 0 aliphatic carbocycles. The lowest BCUT2D eigenvalue weighted by molar-refractivity contribution is 0.176. The van der Waals surface area contributed by atoms with E-state index in [2.05, 4.69) is 51.4 Å². The van der Waals surface area contributed by atoms with Gasteiger partial charge in [-0.1, -0.05) is 25.3 Å². The van der Waals surface area contributed by atoms with Gasteiger partial charge in [0.25, 0.3) is 0 Å². The molecule has 0 spiro atoms. The molecule has 0 fully saturated rings. The fourth-order valence-electron chi connectivity index (χ4n) is 2.28. The van der Waals surface area contributed by atoms with Crippen LogP contribution in [0.5, 0.6) is 0 Å². The van der Waals surface area contributed by atoms with Gasteiger partial charge >= 0.3 is 0 Å². The minimum absolute atomic E-state index is 0.124. The van der Waals surface area contributed by atoms with Crippen LogP contribution in [0.3, 0.4) is 0 Å². The first-order chi connectivity index (χ1) is 9.75. The molecule has 0 bridgehead atoms. The number of nitrogens with zero attached hydrogens (tertiary/aromatic N) is 4. The van der Waals surface area contributed by atoms with E-state index in [4.69, 9.17) is 0 Å². The first kappa shape index (κ1) is 16.6. The summed E-state index contributed by atoms with van der Waals surface area (Å²) in [5.41, 5.74) is 2.70. The van der Waals surface area contributed by atoms with Crippen molar-refractivity contribution < 1.29 is 5.11 Å². The van der Waals surface area contributed by atoms with Gasteiger partial charge in [-0.05, 0) is 41.3 Å². The van der Waals surface area contributed by atoms with Crippen molar-refractivity contribution in [2.24, 2.45) is 0 Å². The van der Waals surface area contributed by atoms with Gasteiger partial charge in [-0.2, -0.15) is 5.10 Å². The molecular weight excluding hydrogens is 352 g/mol. The number of rotatable bonds is 4. The van der Waals surface area contributed by atoms with Gasteiger partial charge < -0.3 is 5.11 Å². The predicted molar refractivity (Wildman–Crippen MR) is 87.6 cm³/mol. The monoisotopic (exact) mass is 372 g/mol. The van der Waals surface area contributed by atoms with Crippen LogP contribution in [0.2, 0.25) is 0 Å². The average Bonchev–Trinajstić information content (AvgIpc) is 2.98. The van der Waals surface area contributed by atoms with Crippen LogP contribution in [-0.4, -0.2) is 24.5 Å². The quantitative estimate of drug-likeness (QED) is 0.892. The molecule has 7 heteroatoms. The highest BCUT2D eigenvalue weighted by Crippen LogP contribution is 2.33. The summed E-state index contributed by atoms with van der Waals surface area (Å²) >= 11 is 4.84. The number of aliphatic hydroxyl groups is 1. The van der Waals surface area contributed by atoms with Crippen molar-refractivity contribution in [1.29, 1.82) is 0 Å². The molecule has 2 aromatic heterocycles. The van der Waals surface area contributed by atoms with Crippen molar-refractivity contribution in [2.45, 2.75) is 59.1 Å². The molecule has 5 nitrogen and oxygen atoms in total. The van der Waals surface area contributed by atoms with Crippen molar-refractivity contribution in [3.63, 3.8) is 0 Å². The fraction of sp³-hybridized carbons (Fsp3) is 0.643. The van der Waals surface area contributed by atoms with Gasteiger partial charge in [0.2, 0.25) is 0 Å². The number of hydrogen-bond donors (Lipinski definition) is 1. The molecule has 1 unspecified atom stereocenters. The van der Waals surface area contributed by atoms with Gasteiger partial charge in [0.15, 0.2) is 0 Å². The molecular formula is C14H21BrN4OS. The van der Waals surface area contributed by atoms with Crippen LogP contribution >= 0.6 is 27.5 Å². The minimum Gasteiger partial charge on any atom is -0.387 e. The molecule has 1 N–H and O–H groups in total. The molecule has 0 radical (unpaired) electrons. The van der Waals surface area contributed by atoms with Crippen molar-refractivity contribution >= 4 is 27.5 Å². The smallest absolute Gasteiger partial charge is 0.0972 e. The van der Waals surface area contributed by atoms with Crippen LogP contribution in [0.15, 0.2) is 4.47 Å². The van der Waals surface area contributed by atoms with Gasteiger partial charge in [0, 0.05) is 18.4 Å². The zero-order valence-corrected chi connectivity index (χ0v) is 15.4. The van der Waals surface area contributed by atoms with Gasteiger partial charge in [-0.3, -0.25) is 4.68 Å². The molecule has 0 aromatic carbocycles. The topological polar surface area (TPSA) is 63.8 Å². The average molecular weight is 373 g/mol. The number of halogens is 1. The Morgan fingerprint density at radius 2 is 2.05 bits per heavy atom. The highest BCUT2D eigenvalue weighted by molar-refractivity contribution is 9.10. The van der Waals surface area contributed by atoms with E-state index in [1.54, 1.807) is 0 Å². The summed E-state index contributed by atoms with van der Waals surface area (Å²) in [7, 11) is 0. The van der Waals surface area contributed by atoms with Gasteiger partial charge in [0.05, 0.1) is 32.5 Å². The molecule has 2 rings (SSSR count). The molecule has 1 atom stereocenters. The second-order valence-electron chi connectivity index (χ2n) is 6.12. The molecule has 2 heterocycles. The number of hydrogen-bond acceptors (Lipinski definition) is 5. The summed E-state index contributed by atoms with van der Waals surface area (Å²) in [4.78, 5) is 0.843. The van der Waals surface area contributed by atoms with Crippen LogP contribution in [0, 0.1) is 6.92 Å². The van der Waals surface area contributed by atoms with E-state index >= 15 is 0 Å². The Balaban J connectivity index is 2.31. The maximum absolute atomic E-state index is 10.6. The van der Waals surface area contributed by atoms with Gasteiger partial charge in [-0.25, -0.2) is 0 Å². The maximum Gasteiger partial charge on any atom is 0.0972 e. The Bertz CT molecular complexity index is 629. The molecule has 21 heavy (non-hydrogen) atoms. The minimum atomic E-state index is -0.614. The summed E-state index contributed by atoms with van der Waals surface area (Å²) in [6.07, 6.45) is -0.112. The first-order valence-corrected chi connectivity index (χ1v) is 8.54. The number of aryl methyl sites for hydroxylation is 2. The molecule has 0 aliphatic heterocycles. The van der Waals surface area contributed by atoms with Gasteiger partial charge in [-0.15, -0.1) is 5.10 Å². The molecule has 2 aromatic rings. The molecule has 0 amide bonds. The summed E-state index contributed by atoms with van der Waals surface area (Å²) in [5.74, 6) is 0. The van der Waals surface area contributed by atoms with Crippen molar-refractivity contribution in [3.05, 3.63) is 26.4 Å². The van der Waals surface area contributed by atoms with E-state index in [1.165, 1.54) is 11.5 Å². The second-order valence-corrected chi connectivity index (χ2v) is 7.70. The van der Waals surface area contributed by atoms with E-state index in [0.717, 1.165) is 33.0 Å². The molecule has 0 aliphatic rings. The lowest BCUT2D eigenvalue weighted by atomic mass is 9.90. The summed E-state index contributed by atoms with van der Waals surface area (Å²) < 4.78 is 6.91. The van der Waals surface area contributed by atoms with Crippen molar-refractivity contribution in [1.82, 2.24) is 19.4 Å². The highest BCUT2D eigenvalue weighted by atomic mass is 79.9. The van der Waals surface area contributed by atoms with E-state index in [9.17, 15) is 5.11 Å². The van der Waals surface area contributed by atoms with E-state index in [1.807, 2.05) is 18.5 Å². The Labute approximate surface area is 137 Å². The van der Waals surface area contributed by atoms with Crippen molar-refractivity contribution in [3.8, 4) is 0 Å². The van der Waals surface area contributed by atoms with Crippen LogP contribution in [0.25, 0.3) is 0 Å². The van der Waals surface area contributed by atoms with E-state index in [0.29, 0.717) is 6.42 Å². The first-order valence-electron chi connectivity index (χ1n) is 6.98. The number of aromatic nitrogens is 4. The van der Waals surface area contributed by atoms with Crippen LogP contribution in [0.1, 0.15) is 55.8 Å². The largest absolute Gasteiger partial charge is 0.387 e.